The molecule has 0 fully saturated rings. The molecule has 59 heavy (non-hydrogen) atoms. The summed E-state index contributed by atoms with van der Waals surface area (Å²) in [7, 11) is 0. The Bertz CT molecular complexity index is 3250. The Balaban J connectivity index is 1.25. The van der Waals surface area contributed by atoms with E-state index in [-0.39, 0.29) is 16.6 Å². The highest BCUT2D eigenvalue weighted by Crippen LogP contribution is 2.49. The summed E-state index contributed by atoms with van der Waals surface area (Å²) in [4.78, 5) is 15.6. The van der Waals surface area contributed by atoms with Crippen molar-refractivity contribution in [1.29, 1.82) is 0 Å². The summed E-state index contributed by atoms with van der Waals surface area (Å²) < 4.78 is 19.0. The molecule has 0 unspecified atom stereocenters. The molecule has 0 radical (unpaired) electrons. The summed E-state index contributed by atoms with van der Waals surface area (Å²) in [5.74, 6) is 1.18. The van der Waals surface area contributed by atoms with E-state index in [9.17, 15) is 4.39 Å². The average Bonchev–Trinajstić information content (AvgIpc) is 3.78. The fourth-order valence-electron chi connectivity index (χ4n) is 9.42. The number of halogens is 1. The van der Waals surface area contributed by atoms with Crippen LogP contribution in [0.4, 0.5) is 4.39 Å². The van der Waals surface area contributed by atoms with Gasteiger partial charge in [0.1, 0.15) is 5.82 Å². The summed E-state index contributed by atoms with van der Waals surface area (Å²) >= 11 is 0. The lowest BCUT2D eigenvalue weighted by Gasteiger charge is -2.42. The highest BCUT2D eigenvalue weighted by Gasteiger charge is 2.38. The van der Waals surface area contributed by atoms with Gasteiger partial charge in [-0.05, 0) is 101 Å². The van der Waals surface area contributed by atoms with E-state index in [4.69, 9.17) is 15.0 Å². The van der Waals surface area contributed by atoms with Crippen molar-refractivity contribution in [3.8, 4) is 45.5 Å². The first-order chi connectivity index (χ1) is 28.6. The van der Waals surface area contributed by atoms with Crippen LogP contribution in [0.5, 0.6) is 0 Å². The summed E-state index contributed by atoms with van der Waals surface area (Å²) in [5, 5.41) is 4.62. The van der Waals surface area contributed by atoms with Gasteiger partial charge >= 0.3 is 0 Å². The molecule has 1 aliphatic carbocycles. The zero-order valence-corrected chi connectivity index (χ0v) is 33.5. The molecule has 10 aromatic rings. The third kappa shape index (κ3) is 5.61. The van der Waals surface area contributed by atoms with Crippen molar-refractivity contribution in [1.82, 2.24) is 24.1 Å². The predicted octanol–water partition coefficient (Wildman–Crippen LogP) is 13.6. The SMILES string of the molecule is CC1(C)CCC(C)(C)c2cc3c(cc21)c1ccc2c4ccccc4n(-c4nc(-c5ccc(F)cc5)nc(-c5ccc(-c6ccccc6)cc5)n4)c2c1n3-c1ccccc1. The van der Waals surface area contributed by atoms with Gasteiger partial charge in [0, 0.05) is 38.4 Å². The molecule has 0 aliphatic heterocycles. The van der Waals surface area contributed by atoms with Crippen molar-refractivity contribution >= 4 is 43.6 Å². The zero-order valence-electron chi connectivity index (χ0n) is 33.5. The summed E-state index contributed by atoms with van der Waals surface area (Å²) in [6.07, 6.45) is 2.27. The molecule has 3 aromatic heterocycles. The van der Waals surface area contributed by atoms with Crippen LogP contribution >= 0.6 is 0 Å². The lowest BCUT2D eigenvalue weighted by molar-refractivity contribution is 0.332. The molecule has 0 N–H and O–H groups in total. The van der Waals surface area contributed by atoms with Crippen molar-refractivity contribution in [3.05, 3.63) is 175 Å². The van der Waals surface area contributed by atoms with Gasteiger partial charge in [-0.3, -0.25) is 4.57 Å². The Morgan fingerprint density at radius 1 is 0.441 bits per heavy atom. The van der Waals surface area contributed by atoms with Gasteiger partial charge < -0.3 is 4.57 Å². The van der Waals surface area contributed by atoms with Crippen LogP contribution in [0.25, 0.3) is 89.2 Å². The van der Waals surface area contributed by atoms with Crippen molar-refractivity contribution < 1.29 is 4.39 Å². The Morgan fingerprint density at radius 3 is 1.61 bits per heavy atom. The minimum atomic E-state index is -0.313. The number of fused-ring (bicyclic) bond motifs is 8. The van der Waals surface area contributed by atoms with Gasteiger partial charge in [-0.2, -0.15) is 9.97 Å². The third-order valence-corrected chi connectivity index (χ3v) is 12.7. The van der Waals surface area contributed by atoms with Gasteiger partial charge in [-0.1, -0.05) is 131 Å². The molecule has 7 aromatic carbocycles. The first-order valence-electron chi connectivity index (χ1n) is 20.4. The van der Waals surface area contributed by atoms with Crippen LogP contribution in [-0.2, 0) is 10.8 Å². The van der Waals surface area contributed by atoms with Gasteiger partial charge in [0.25, 0.3) is 0 Å². The van der Waals surface area contributed by atoms with Crippen LogP contribution < -0.4 is 0 Å². The van der Waals surface area contributed by atoms with Gasteiger partial charge in [-0.15, -0.1) is 0 Å². The lowest BCUT2D eigenvalue weighted by Crippen LogP contribution is -2.33. The Hall–Kier alpha value is -6.92. The van der Waals surface area contributed by atoms with Crippen LogP contribution in [-0.4, -0.2) is 24.1 Å². The van der Waals surface area contributed by atoms with E-state index in [1.165, 1.54) is 39.5 Å². The highest BCUT2D eigenvalue weighted by atomic mass is 19.1. The minimum Gasteiger partial charge on any atom is -0.307 e. The largest absolute Gasteiger partial charge is 0.307 e. The van der Waals surface area contributed by atoms with Crippen LogP contribution in [0.2, 0.25) is 0 Å². The summed E-state index contributed by atoms with van der Waals surface area (Å²) in [5.41, 5.74) is 12.1. The normalized spacial score (nSPS) is 14.7. The molecular weight excluding hydrogens is 726 g/mol. The Morgan fingerprint density at radius 2 is 0.949 bits per heavy atom. The first-order valence-corrected chi connectivity index (χ1v) is 20.4. The molecule has 0 spiro atoms. The minimum absolute atomic E-state index is 0.0402. The molecule has 0 amide bonds. The summed E-state index contributed by atoms with van der Waals surface area (Å²) in [6, 6.07) is 53.8. The molecule has 3 heterocycles. The predicted molar refractivity (Wildman–Crippen MR) is 240 cm³/mol. The third-order valence-electron chi connectivity index (χ3n) is 12.7. The molecule has 286 valence electrons. The van der Waals surface area contributed by atoms with Crippen molar-refractivity contribution in [2.24, 2.45) is 0 Å². The lowest BCUT2D eigenvalue weighted by atomic mass is 9.63. The van der Waals surface area contributed by atoms with Crippen LogP contribution in [0.3, 0.4) is 0 Å². The fourth-order valence-corrected chi connectivity index (χ4v) is 9.42. The van der Waals surface area contributed by atoms with Crippen molar-refractivity contribution in [3.63, 3.8) is 0 Å². The fraction of sp³-hybridized carbons (Fsp3) is 0.151. The number of benzene rings is 7. The van der Waals surface area contributed by atoms with E-state index >= 15 is 0 Å². The smallest absolute Gasteiger partial charge is 0.238 e. The average molecular weight is 768 g/mol. The second-order valence-corrected chi connectivity index (χ2v) is 17.3. The number of para-hydroxylation sites is 2. The maximum Gasteiger partial charge on any atom is 0.238 e. The van der Waals surface area contributed by atoms with E-state index < -0.39 is 0 Å². The van der Waals surface area contributed by atoms with Gasteiger partial charge in [0.05, 0.1) is 22.1 Å². The first kappa shape index (κ1) is 35.3. The molecule has 0 atom stereocenters. The molecule has 0 bridgehead atoms. The monoisotopic (exact) mass is 767 g/mol. The maximum absolute atomic E-state index is 14.3. The van der Waals surface area contributed by atoms with Crippen LogP contribution in [0.15, 0.2) is 158 Å². The molecule has 11 rings (SSSR count). The quantitative estimate of drug-likeness (QED) is 0.175. The summed E-state index contributed by atoms with van der Waals surface area (Å²) in [6.45, 7) is 9.58. The van der Waals surface area contributed by atoms with Crippen LogP contribution in [0, 0.1) is 5.82 Å². The van der Waals surface area contributed by atoms with Crippen molar-refractivity contribution in [2.75, 3.05) is 0 Å². The van der Waals surface area contributed by atoms with Crippen molar-refractivity contribution in [2.45, 2.75) is 51.4 Å². The standard InChI is InChI=1S/C53H42FN5/c1-52(2)29-30-53(3,4)44-32-46-42(31-43(44)52)41-28-27-40-39-17-11-12-18-45(39)59(48(40)47(41)58(46)38-15-9-6-10-16-38)51-56-49(55-50(57-51)36-23-25-37(54)26-24-36)35-21-19-34(20-22-35)33-13-7-5-8-14-33/h5-28,31-32H,29-30H2,1-4H3. The topological polar surface area (TPSA) is 48.5 Å². The molecular formula is C53H42FN5. The Kier molecular flexibility index (Phi) is 7.80. The number of nitrogens with zero attached hydrogens (tertiary/aromatic N) is 5. The van der Waals surface area contributed by atoms with Crippen LogP contribution in [0.1, 0.15) is 51.7 Å². The second kappa shape index (κ2) is 13.0. The number of aromatic nitrogens is 5. The number of hydrogen-bond donors (Lipinski definition) is 0. The number of rotatable bonds is 5. The molecule has 5 nitrogen and oxygen atoms in total. The molecule has 0 saturated heterocycles. The molecule has 6 heteroatoms. The van der Waals surface area contributed by atoms with Gasteiger partial charge in [0.2, 0.25) is 5.95 Å². The van der Waals surface area contributed by atoms with E-state index in [2.05, 4.69) is 152 Å². The highest BCUT2D eigenvalue weighted by molar-refractivity contribution is 6.24. The van der Waals surface area contributed by atoms with E-state index in [1.807, 2.05) is 18.2 Å². The maximum atomic E-state index is 14.3. The van der Waals surface area contributed by atoms with Gasteiger partial charge in [-0.25, -0.2) is 9.37 Å². The molecule has 1 aliphatic rings. The zero-order chi connectivity index (χ0) is 40.0. The van der Waals surface area contributed by atoms with E-state index in [0.29, 0.717) is 23.2 Å². The number of hydrogen-bond acceptors (Lipinski definition) is 3. The molecule has 0 saturated carbocycles. The van der Waals surface area contributed by atoms with Gasteiger partial charge in [0.15, 0.2) is 11.6 Å². The second-order valence-electron chi connectivity index (χ2n) is 17.3. The van der Waals surface area contributed by atoms with E-state index in [0.717, 1.165) is 62.5 Å². The van der Waals surface area contributed by atoms with E-state index in [1.54, 1.807) is 12.1 Å². The Labute approximate surface area is 342 Å².